The molecule has 1 aromatic carbocycles. The number of nitrogens with one attached hydrogen (secondary N) is 1. The first kappa shape index (κ1) is 14.7. The molecule has 0 radical (unpaired) electrons. The van der Waals surface area contributed by atoms with Crippen LogP contribution in [0.2, 0.25) is 0 Å². The van der Waals surface area contributed by atoms with Crippen LogP contribution < -0.4 is 10.2 Å². The molecule has 0 aliphatic carbocycles. The maximum absolute atomic E-state index is 5.11. The number of furan rings is 1. The molecule has 0 atom stereocenters. The van der Waals surface area contributed by atoms with Crippen molar-refractivity contribution in [2.24, 2.45) is 0 Å². The predicted molar refractivity (Wildman–Crippen MR) is 84.0 cm³/mol. The van der Waals surface area contributed by atoms with Gasteiger partial charge in [-0.05, 0) is 49.2 Å². The summed E-state index contributed by atoms with van der Waals surface area (Å²) in [5, 5.41) is 3.45. The Balaban J connectivity index is 2.00. The summed E-state index contributed by atoms with van der Waals surface area (Å²) in [4.78, 5) is 2.24. The van der Waals surface area contributed by atoms with Crippen molar-refractivity contribution in [2.75, 3.05) is 18.5 Å². The highest BCUT2D eigenvalue weighted by atomic mass is 16.3. The fourth-order valence-corrected chi connectivity index (χ4v) is 2.26. The Morgan fingerprint density at radius 1 is 1.25 bits per heavy atom. The first-order chi connectivity index (χ1) is 9.70. The summed E-state index contributed by atoms with van der Waals surface area (Å²) < 4.78 is 5.11. The molecule has 3 nitrogen and oxygen atoms in total. The van der Waals surface area contributed by atoms with E-state index in [-0.39, 0.29) is 0 Å². The van der Waals surface area contributed by atoms with E-state index in [1.807, 2.05) is 6.07 Å². The Hall–Kier alpha value is -1.74. The molecule has 2 rings (SSSR count). The average molecular weight is 272 g/mol. The molecule has 2 aromatic rings. The molecule has 0 amide bonds. The van der Waals surface area contributed by atoms with Crippen molar-refractivity contribution in [1.29, 1.82) is 0 Å². The van der Waals surface area contributed by atoms with Crippen molar-refractivity contribution in [3.8, 4) is 0 Å². The molecule has 1 aromatic heterocycles. The minimum Gasteiger partial charge on any atom is -0.472 e. The molecule has 0 aliphatic rings. The lowest BCUT2D eigenvalue weighted by Gasteiger charge is -2.20. The Labute approximate surface area is 121 Å². The molecular formula is C17H24N2O. The van der Waals surface area contributed by atoms with Crippen LogP contribution in [-0.4, -0.2) is 13.6 Å². The van der Waals surface area contributed by atoms with Gasteiger partial charge in [0.25, 0.3) is 0 Å². The van der Waals surface area contributed by atoms with Crippen molar-refractivity contribution in [2.45, 2.75) is 33.4 Å². The summed E-state index contributed by atoms with van der Waals surface area (Å²) in [7, 11) is 2.11. The van der Waals surface area contributed by atoms with Crippen LogP contribution >= 0.6 is 0 Å². The molecule has 0 fully saturated rings. The van der Waals surface area contributed by atoms with Gasteiger partial charge in [-0.25, -0.2) is 0 Å². The van der Waals surface area contributed by atoms with E-state index in [0.29, 0.717) is 0 Å². The van der Waals surface area contributed by atoms with Crippen molar-refractivity contribution in [3.63, 3.8) is 0 Å². The van der Waals surface area contributed by atoms with Gasteiger partial charge >= 0.3 is 0 Å². The first-order valence-corrected chi connectivity index (χ1v) is 7.23. The van der Waals surface area contributed by atoms with E-state index >= 15 is 0 Å². The highest BCUT2D eigenvalue weighted by Gasteiger charge is 2.05. The monoisotopic (exact) mass is 272 g/mol. The summed E-state index contributed by atoms with van der Waals surface area (Å²) in [6, 6.07) is 8.67. The van der Waals surface area contributed by atoms with E-state index in [2.05, 4.69) is 49.3 Å². The summed E-state index contributed by atoms with van der Waals surface area (Å²) in [6.45, 7) is 7.25. The number of rotatable bonds is 7. The van der Waals surface area contributed by atoms with Gasteiger partial charge in [-0.15, -0.1) is 0 Å². The quantitative estimate of drug-likeness (QED) is 0.779. The summed E-state index contributed by atoms with van der Waals surface area (Å²) in [5.41, 5.74) is 5.14. The second kappa shape index (κ2) is 7.15. The van der Waals surface area contributed by atoms with Gasteiger partial charge in [0.05, 0.1) is 12.5 Å². The number of hydrogen-bond donors (Lipinski definition) is 1. The van der Waals surface area contributed by atoms with Gasteiger partial charge in [0.1, 0.15) is 0 Å². The van der Waals surface area contributed by atoms with E-state index in [1.54, 1.807) is 12.5 Å². The van der Waals surface area contributed by atoms with Gasteiger partial charge in [-0.1, -0.05) is 13.0 Å². The van der Waals surface area contributed by atoms with Crippen LogP contribution in [0.1, 0.15) is 30.0 Å². The molecule has 0 saturated heterocycles. The molecule has 1 heterocycles. The summed E-state index contributed by atoms with van der Waals surface area (Å²) in [5.74, 6) is 0. The van der Waals surface area contributed by atoms with Crippen LogP contribution in [0.15, 0.2) is 41.2 Å². The standard InChI is InChI=1S/C17H24N2O/c1-4-8-18-11-16-5-6-17(10-14(16)2)19(3)12-15-7-9-20-13-15/h5-7,9-10,13,18H,4,8,11-12H2,1-3H3. The fraction of sp³-hybridized carbons (Fsp3) is 0.412. The lowest BCUT2D eigenvalue weighted by atomic mass is 10.1. The maximum atomic E-state index is 5.11. The number of benzene rings is 1. The lowest BCUT2D eigenvalue weighted by Crippen LogP contribution is -2.17. The normalized spacial score (nSPS) is 10.8. The Morgan fingerprint density at radius 2 is 2.10 bits per heavy atom. The highest BCUT2D eigenvalue weighted by molar-refractivity contribution is 5.50. The van der Waals surface area contributed by atoms with Crippen molar-refractivity contribution < 1.29 is 4.42 Å². The smallest absolute Gasteiger partial charge is 0.0952 e. The van der Waals surface area contributed by atoms with E-state index in [0.717, 1.165) is 19.6 Å². The third-order valence-corrected chi connectivity index (χ3v) is 3.51. The molecule has 1 N–H and O–H groups in total. The largest absolute Gasteiger partial charge is 0.472 e. The van der Waals surface area contributed by atoms with Gasteiger partial charge in [-0.3, -0.25) is 0 Å². The first-order valence-electron chi connectivity index (χ1n) is 7.23. The molecule has 20 heavy (non-hydrogen) atoms. The Morgan fingerprint density at radius 3 is 2.75 bits per heavy atom. The van der Waals surface area contributed by atoms with Gasteiger partial charge in [0, 0.05) is 31.4 Å². The molecule has 0 aliphatic heterocycles. The number of aryl methyl sites for hydroxylation is 1. The van der Waals surface area contributed by atoms with Crippen molar-refractivity contribution in [3.05, 3.63) is 53.5 Å². The van der Waals surface area contributed by atoms with Crippen LogP contribution in [0, 0.1) is 6.92 Å². The van der Waals surface area contributed by atoms with E-state index in [9.17, 15) is 0 Å². The molecular weight excluding hydrogens is 248 g/mol. The molecule has 0 saturated carbocycles. The van der Waals surface area contributed by atoms with Gasteiger partial charge < -0.3 is 14.6 Å². The second-order valence-corrected chi connectivity index (χ2v) is 5.28. The zero-order chi connectivity index (χ0) is 14.4. The van der Waals surface area contributed by atoms with Gasteiger partial charge in [0.15, 0.2) is 0 Å². The van der Waals surface area contributed by atoms with E-state index in [1.165, 1.54) is 28.8 Å². The van der Waals surface area contributed by atoms with Crippen LogP contribution in [0.3, 0.4) is 0 Å². The molecule has 0 bridgehead atoms. The van der Waals surface area contributed by atoms with Crippen LogP contribution in [0.25, 0.3) is 0 Å². The zero-order valence-electron chi connectivity index (χ0n) is 12.6. The molecule has 3 heteroatoms. The number of hydrogen-bond acceptors (Lipinski definition) is 3. The third-order valence-electron chi connectivity index (χ3n) is 3.51. The van der Waals surface area contributed by atoms with Crippen molar-refractivity contribution >= 4 is 5.69 Å². The van der Waals surface area contributed by atoms with E-state index < -0.39 is 0 Å². The minimum atomic E-state index is 0.864. The second-order valence-electron chi connectivity index (χ2n) is 5.28. The number of nitrogens with zero attached hydrogens (tertiary/aromatic N) is 1. The molecule has 108 valence electrons. The SMILES string of the molecule is CCCNCc1ccc(N(C)Cc2ccoc2)cc1C. The Bertz CT molecular complexity index is 520. The Kier molecular flexibility index (Phi) is 5.24. The average Bonchev–Trinajstić information content (AvgIpc) is 2.93. The lowest BCUT2D eigenvalue weighted by molar-refractivity contribution is 0.563. The molecule has 0 unspecified atom stereocenters. The van der Waals surface area contributed by atoms with E-state index in [4.69, 9.17) is 4.42 Å². The van der Waals surface area contributed by atoms with Gasteiger partial charge in [0.2, 0.25) is 0 Å². The van der Waals surface area contributed by atoms with Crippen LogP contribution in [0.4, 0.5) is 5.69 Å². The van der Waals surface area contributed by atoms with Crippen LogP contribution in [0.5, 0.6) is 0 Å². The zero-order valence-corrected chi connectivity index (χ0v) is 12.6. The van der Waals surface area contributed by atoms with Crippen LogP contribution in [-0.2, 0) is 13.1 Å². The van der Waals surface area contributed by atoms with Gasteiger partial charge in [-0.2, -0.15) is 0 Å². The number of anilines is 1. The fourth-order valence-electron chi connectivity index (χ4n) is 2.26. The topological polar surface area (TPSA) is 28.4 Å². The minimum absolute atomic E-state index is 0.864. The predicted octanol–water partition coefficient (Wildman–Crippen LogP) is 3.72. The summed E-state index contributed by atoms with van der Waals surface area (Å²) in [6.07, 6.45) is 4.69. The molecule has 0 spiro atoms. The van der Waals surface area contributed by atoms with Crippen molar-refractivity contribution in [1.82, 2.24) is 5.32 Å². The summed E-state index contributed by atoms with van der Waals surface area (Å²) >= 11 is 0. The maximum Gasteiger partial charge on any atom is 0.0952 e. The highest BCUT2D eigenvalue weighted by Crippen LogP contribution is 2.20. The third kappa shape index (κ3) is 3.87.